The first-order valence-corrected chi connectivity index (χ1v) is 12.5. The number of benzene rings is 2. The van der Waals surface area contributed by atoms with Gasteiger partial charge in [-0.05, 0) is 62.1 Å². The standard InChI is InChI=1S/C26H24F3N3O5S/c1-5-18(24(34)36-6-2)37-19-9-7-14(3)11-16(19)23-17-12-15(8-10-20(17)38-30-23)32-22(33)13-21(26(27,28)29)31(4)25(32)35/h7-13,18H,5-6H2,1-4H3. The van der Waals surface area contributed by atoms with Crippen LogP contribution in [-0.2, 0) is 22.8 Å². The minimum Gasteiger partial charge on any atom is -0.478 e. The van der Waals surface area contributed by atoms with Crippen LogP contribution in [0.2, 0.25) is 0 Å². The largest absolute Gasteiger partial charge is 0.478 e. The van der Waals surface area contributed by atoms with E-state index < -0.39 is 35.2 Å². The zero-order chi connectivity index (χ0) is 27.8. The molecule has 2 aromatic carbocycles. The zero-order valence-electron chi connectivity index (χ0n) is 21.0. The Bertz CT molecular complexity index is 1640. The summed E-state index contributed by atoms with van der Waals surface area (Å²) in [4.78, 5) is 37.8. The topological polar surface area (TPSA) is 92.4 Å². The van der Waals surface area contributed by atoms with Gasteiger partial charge >= 0.3 is 17.8 Å². The van der Waals surface area contributed by atoms with Crippen molar-refractivity contribution in [2.45, 2.75) is 39.5 Å². The minimum atomic E-state index is -4.86. The normalized spacial score (nSPS) is 12.5. The molecule has 0 spiro atoms. The summed E-state index contributed by atoms with van der Waals surface area (Å²) in [6.07, 6.45) is -5.33. The molecule has 4 aromatic rings. The molecule has 38 heavy (non-hydrogen) atoms. The van der Waals surface area contributed by atoms with Crippen LogP contribution in [-0.4, -0.2) is 32.2 Å². The number of hydrogen-bond acceptors (Lipinski definition) is 7. The van der Waals surface area contributed by atoms with E-state index in [1.807, 2.05) is 19.1 Å². The van der Waals surface area contributed by atoms with Crippen LogP contribution in [0.1, 0.15) is 31.5 Å². The van der Waals surface area contributed by atoms with Crippen molar-refractivity contribution in [3.05, 3.63) is 74.6 Å². The van der Waals surface area contributed by atoms with E-state index in [0.717, 1.165) is 12.6 Å². The predicted molar refractivity (Wildman–Crippen MR) is 137 cm³/mol. The van der Waals surface area contributed by atoms with E-state index in [1.54, 1.807) is 26.0 Å². The summed E-state index contributed by atoms with van der Waals surface area (Å²) in [6, 6.07) is 10.4. The van der Waals surface area contributed by atoms with Crippen molar-refractivity contribution in [2.75, 3.05) is 6.61 Å². The highest BCUT2D eigenvalue weighted by Gasteiger charge is 2.35. The number of halogens is 3. The van der Waals surface area contributed by atoms with E-state index in [-0.39, 0.29) is 12.3 Å². The van der Waals surface area contributed by atoms with E-state index in [0.29, 0.717) is 48.7 Å². The number of carbonyl (C=O) groups excluding carboxylic acids is 1. The lowest BCUT2D eigenvalue weighted by atomic mass is 10.0. The van der Waals surface area contributed by atoms with Crippen LogP contribution in [0.25, 0.3) is 27.0 Å². The van der Waals surface area contributed by atoms with Gasteiger partial charge in [-0.15, -0.1) is 0 Å². The predicted octanol–water partition coefficient (Wildman–Crippen LogP) is 4.86. The van der Waals surface area contributed by atoms with Gasteiger partial charge in [-0.25, -0.2) is 14.2 Å². The maximum Gasteiger partial charge on any atom is 0.431 e. The van der Waals surface area contributed by atoms with Gasteiger partial charge in [0.25, 0.3) is 5.56 Å². The Labute approximate surface area is 219 Å². The molecular formula is C26H24F3N3O5S. The Hall–Kier alpha value is -3.93. The minimum absolute atomic E-state index is 0.0892. The Balaban J connectivity index is 1.86. The molecule has 2 heterocycles. The third-order valence-electron chi connectivity index (χ3n) is 5.90. The van der Waals surface area contributed by atoms with Crippen LogP contribution in [0.4, 0.5) is 13.2 Å². The maximum absolute atomic E-state index is 13.3. The van der Waals surface area contributed by atoms with Crippen molar-refractivity contribution in [3.8, 4) is 22.7 Å². The second kappa shape index (κ2) is 10.4. The third-order valence-corrected chi connectivity index (χ3v) is 6.73. The summed E-state index contributed by atoms with van der Waals surface area (Å²) in [7, 11) is 0.960. The number of rotatable bonds is 7. The Morgan fingerprint density at radius 3 is 2.50 bits per heavy atom. The van der Waals surface area contributed by atoms with Crippen LogP contribution in [0, 0.1) is 6.92 Å². The van der Waals surface area contributed by atoms with Crippen molar-refractivity contribution in [2.24, 2.45) is 7.05 Å². The highest BCUT2D eigenvalue weighted by atomic mass is 32.1. The van der Waals surface area contributed by atoms with Crippen LogP contribution >= 0.6 is 11.5 Å². The summed E-state index contributed by atoms with van der Waals surface area (Å²) in [6.45, 7) is 5.58. The zero-order valence-corrected chi connectivity index (χ0v) is 21.8. The second-order valence-corrected chi connectivity index (χ2v) is 9.33. The van der Waals surface area contributed by atoms with Gasteiger partial charge in [0.2, 0.25) is 0 Å². The molecule has 0 saturated carbocycles. The fraction of sp³-hybridized carbons (Fsp3) is 0.308. The lowest BCUT2D eigenvalue weighted by Gasteiger charge is -2.18. The highest BCUT2D eigenvalue weighted by Crippen LogP contribution is 2.38. The van der Waals surface area contributed by atoms with Gasteiger partial charge in [0.05, 0.1) is 22.7 Å². The van der Waals surface area contributed by atoms with Gasteiger partial charge < -0.3 is 9.47 Å². The fourth-order valence-electron chi connectivity index (χ4n) is 4.01. The summed E-state index contributed by atoms with van der Waals surface area (Å²) < 4.78 is 57.3. The van der Waals surface area contributed by atoms with Gasteiger partial charge in [0, 0.05) is 24.1 Å². The summed E-state index contributed by atoms with van der Waals surface area (Å²) in [5.41, 5.74) is -1.55. The van der Waals surface area contributed by atoms with Crippen molar-refractivity contribution in [1.82, 2.24) is 13.5 Å². The number of aromatic nitrogens is 3. The summed E-state index contributed by atoms with van der Waals surface area (Å²) in [5, 5.41) is 0.556. The van der Waals surface area contributed by atoms with Gasteiger partial charge in [-0.2, -0.15) is 17.5 Å². The van der Waals surface area contributed by atoms with Gasteiger partial charge in [-0.3, -0.25) is 9.36 Å². The van der Waals surface area contributed by atoms with E-state index in [1.165, 1.54) is 23.7 Å². The van der Waals surface area contributed by atoms with E-state index >= 15 is 0 Å². The second-order valence-electron chi connectivity index (χ2n) is 8.52. The molecule has 1 atom stereocenters. The van der Waals surface area contributed by atoms with Crippen LogP contribution in [0.3, 0.4) is 0 Å². The average molecular weight is 548 g/mol. The fourth-order valence-corrected chi connectivity index (χ4v) is 4.78. The smallest absolute Gasteiger partial charge is 0.431 e. The molecule has 2 aromatic heterocycles. The lowest BCUT2D eigenvalue weighted by Crippen LogP contribution is -2.40. The van der Waals surface area contributed by atoms with E-state index in [2.05, 4.69) is 4.37 Å². The number of ether oxygens (including phenoxy) is 2. The molecule has 4 rings (SSSR count). The maximum atomic E-state index is 13.3. The molecule has 0 aliphatic heterocycles. The number of alkyl halides is 3. The molecule has 0 radical (unpaired) electrons. The lowest BCUT2D eigenvalue weighted by molar-refractivity contribution is -0.151. The van der Waals surface area contributed by atoms with E-state index in [9.17, 15) is 27.6 Å². The van der Waals surface area contributed by atoms with Crippen molar-refractivity contribution >= 4 is 27.6 Å². The Morgan fingerprint density at radius 1 is 1.11 bits per heavy atom. The molecule has 0 N–H and O–H groups in total. The molecule has 0 saturated heterocycles. The number of aryl methyl sites for hydroxylation is 1. The van der Waals surface area contributed by atoms with Crippen LogP contribution in [0.15, 0.2) is 52.1 Å². The molecule has 0 aliphatic carbocycles. The van der Waals surface area contributed by atoms with Gasteiger partial charge in [0.1, 0.15) is 11.4 Å². The monoisotopic (exact) mass is 547 g/mol. The van der Waals surface area contributed by atoms with Crippen molar-refractivity contribution in [1.29, 1.82) is 0 Å². The molecule has 0 bridgehead atoms. The van der Waals surface area contributed by atoms with Crippen LogP contribution in [0.5, 0.6) is 5.75 Å². The number of fused-ring (bicyclic) bond motifs is 1. The molecule has 8 nitrogen and oxygen atoms in total. The first-order chi connectivity index (χ1) is 18.0. The van der Waals surface area contributed by atoms with E-state index in [4.69, 9.17) is 9.47 Å². The van der Waals surface area contributed by atoms with Gasteiger partial charge in [0.15, 0.2) is 6.10 Å². The third kappa shape index (κ3) is 5.08. The summed E-state index contributed by atoms with van der Waals surface area (Å²) in [5.74, 6) is -0.111. The van der Waals surface area contributed by atoms with Crippen LogP contribution < -0.4 is 16.0 Å². The Kier molecular flexibility index (Phi) is 7.45. The van der Waals surface area contributed by atoms with Gasteiger partial charge in [-0.1, -0.05) is 18.6 Å². The number of esters is 1. The average Bonchev–Trinajstić information content (AvgIpc) is 3.28. The highest BCUT2D eigenvalue weighted by molar-refractivity contribution is 7.13. The molecular weight excluding hydrogens is 523 g/mol. The first kappa shape index (κ1) is 27.1. The van der Waals surface area contributed by atoms with Crippen molar-refractivity contribution in [3.63, 3.8) is 0 Å². The van der Waals surface area contributed by atoms with Crippen molar-refractivity contribution < 1.29 is 27.4 Å². The first-order valence-electron chi connectivity index (χ1n) is 11.7. The molecule has 0 aliphatic rings. The molecule has 200 valence electrons. The molecule has 0 fully saturated rings. The molecule has 12 heteroatoms. The number of nitrogens with zero attached hydrogens (tertiary/aromatic N) is 3. The quantitative estimate of drug-likeness (QED) is 0.307. The summed E-state index contributed by atoms with van der Waals surface area (Å²) >= 11 is 1.17. The number of hydrogen-bond donors (Lipinski definition) is 0. The molecule has 1 unspecified atom stereocenters. The SMILES string of the molecule is CCOC(=O)C(CC)Oc1ccc(C)cc1-c1nsc2ccc(-n3c(=O)cc(C(F)(F)F)n(C)c3=O)cc12. The number of carbonyl (C=O) groups is 1. The Morgan fingerprint density at radius 2 is 1.84 bits per heavy atom. The molecule has 0 amide bonds.